The fourth-order valence-electron chi connectivity index (χ4n) is 2.74. The Morgan fingerprint density at radius 2 is 1.72 bits per heavy atom. The first-order valence-electron chi connectivity index (χ1n) is 7.01. The maximum absolute atomic E-state index is 6.04. The summed E-state index contributed by atoms with van der Waals surface area (Å²) < 4.78 is 12.1. The van der Waals surface area contributed by atoms with Gasteiger partial charge < -0.3 is 14.4 Å². The predicted octanol–water partition coefficient (Wildman–Crippen LogP) is 3.05. The first-order valence-corrected chi connectivity index (χ1v) is 7.01. The van der Waals surface area contributed by atoms with Gasteiger partial charge in [-0.2, -0.15) is 0 Å². The highest BCUT2D eigenvalue weighted by Crippen LogP contribution is 2.43. The third-order valence-corrected chi connectivity index (χ3v) is 3.89. The van der Waals surface area contributed by atoms with Gasteiger partial charge in [-0.25, -0.2) is 0 Å². The third-order valence-electron chi connectivity index (χ3n) is 3.89. The van der Waals surface area contributed by atoms with E-state index in [1.54, 1.807) is 0 Å². The predicted molar refractivity (Wildman–Crippen MR) is 71.0 cm³/mol. The Balaban J connectivity index is 1.61. The Hall–Kier alpha value is -1.22. The molecule has 2 aliphatic heterocycles. The van der Waals surface area contributed by atoms with Crippen molar-refractivity contribution in [3.8, 4) is 11.5 Å². The fraction of sp³-hybridized carbons (Fsp3) is 0.600. The van der Waals surface area contributed by atoms with Crippen LogP contribution < -0.4 is 9.47 Å². The summed E-state index contributed by atoms with van der Waals surface area (Å²) in [7, 11) is 0. The van der Waals surface area contributed by atoms with Gasteiger partial charge in [-0.1, -0.05) is 25.5 Å². The summed E-state index contributed by atoms with van der Waals surface area (Å²) in [5.74, 6) is 1.42. The molecular formula is C15H21NO2. The summed E-state index contributed by atoms with van der Waals surface area (Å²) in [5, 5.41) is 0. The van der Waals surface area contributed by atoms with Crippen molar-refractivity contribution in [1.82, 2.24) is 4.90 Å². The Kier molecular flexibility index (Phi) is 3.16. The maximum Gasteiger partial charge on any atom is 0.254 e. The topological polar surface area (TPSA) is 21.7 Å². The van der Waals surface area contributed by atoms with Crippen LogP contribution in [0.5, 0.6) is 11.5 Å². The molecule has 3 rings (SSSR count). The maximum atomic E-state index is 6.04. The van der Waals surface area contributed by atoms with E-state index in [-0.39, 0.29) is 5.79 Å². The number of unbranched alkanes of at least 4 members (excludes halogenated alkanes) is 1. The minimum Gasteiger partial charge on any atom is -0.448 e. The van der Waals surface area contributed by atoms with Gasteiger partial charge in [-0.3, -0.25) is 0 Å². The van der Waals surface area contributed by atoms with Crippen LogP contribution in [0.15, 0.2) is 24.3 Å². The van der Waals surface area contributed by atoms with Crippen LogP contribution in [0.3, 0.4) is 0 Å². The molecule has 18 heavy (non-hydrogen) atoms. The minimum atomic E-state index is -0.383. The van der Waals surface area contributed by atoms with Gasteiger partial charge in [0.25, 0.3) is 5.79 Å². The van der Waals surface area contributed by atoms with E-state index in [4.69, 9.17) is 9.47 Å². The largest absolute Gasteiger partial charge is 0.448 e. The molecule has 0 bridgehead atoms. The van der Waals surface area contributed by atoms with Gasteiger partial charge >= 0.3 is 0 Å². The van der Waals surface area contributed by atoms with Crippen molar-refractivity contribution >= 4 is 0 Å². The van der Waals surface area contributed by atoms with Crippen LogP contribution in [0.4, 0.5) is 0 Å². The quantitative estimate of drug-likeness (QED) is 0.819. The van der Waals surface area contributed by atoms with Crippen LogP contribution in [0.25, 0.3) is 0 Å². The molecule has 1 aromatic rings. The highest BCUT2D eigenvalue weighted by Gasteiger charge is 2.43. The molecule has 98 valence electrons. The number of hydrogen-bond acceptors (Lipinski definition) is 3. The minimum absolute atomic E-state index is 0.383. The molecule has 0 atom stereocenters. The third kappa shape index (κ3) is 2.19. The van der Waals surface area contributed by atoms with Crippen LogP contribution >= 0.6 is 0 Å². The Labute approximate surface area is 109 Å². The van der Waals surface area contributed by atoms with Gasteiger partial charge in [0.05, 0.1) is 0 Å². The van der Waals surface area contributed by atoms with Crippen molar-refractivity contribution < 1.29 is 9.47 Å². The number of rotatable bonds is 3. The lowest BCUT2D eigenvalue weighted by Crippen LogP contribution is -2.49. The van der Waals surface area contributed by atoms with Crippen LogP contribution in [-0.2, 0) is 0 Å². The number of para-hydroxylation sites is 2. The second-order valence-electron chi connectivity index (χ2n) is 5.26. The lowest BCUT2D eigenvalue weighted by Gasteiger charge is -2.37. The van der Waals surface area contributed by atoms with E-state index in [9.17, 15) is 0 Å². The van der Waals surface area contributed by atoms with E-state index in [1.807, 2.05) is 24.3 Å². The summed E-state index contributed by atoms with van der Waals surface area (Å²) in [6.07, 6.45) is 4.48. The van der Waals surface area contributed by atoms with E-state index >= 15 is 0 Å². The normalized spacial score (nSPS) is 21.4. The first kappa shape index (κ1) is 11.8. The summed E-state index contributed by atoms with van der Waals surface area (Å²) in [6.45, 7) is 5.60. The molecule has 0 aliphatic carbocycles. The highest BCUT2D eigenvalue weighted by atomic mass is 16.7. The zero-order chi connectivity index (χ0) is 12.4. The summed E-state index contributed by atoms with van der Waals surface area (Å²) in [6, 6.07) is 7.98. The average Bonchev–Trinajstić information content (AvgIpc) is 2.76. The van der Waals surface area contributed by atoms with Crippen molar-refractivity contribution in [1.29, 1.82) is 0 Å². The van der Waals surface area contributed by atoms with Gasteiger partial charge in [-0.15, -0.1) is 0 Å². The average molecular weight is 247 g/mol. The highest BCUT2D eigenvalue weighted by molar-refractivity contribution is 5.42. The lowest BCUT2D eigenvalue weighted by atomic mass is 10.0. The van der Waals surface area contributed by atoms with Crippen molar-refractivity contribution in [2.75, 3.05) is 19.6 Å². The van der Waals surface area contributed by atoms with Crippen LogP contribution in [0, 0.1) is 0 Å². The molecule has 0 unspecified atom stereocenters. The van der Waals surface area contributed by atoms with Gasteiger partial charge in [0, 0.05) is 25.9 Å². The van der Waals surface area contributed by atoms with Gasteiger partial charge in [0.15, 0.2) is 11.5 Å². The molecule has 0 amide bonds. The van der Waals surface area contributed by atoms with Crippen molar-refractivity contribution in [2.45, 2.75) is 38.4 Å². The monoisotopic (exact) mass is 247 g/mol. The lowest BCUT2D eigenvalue weighted by molar-refractivity contribution is -0.118. The first-order chi connectivity index (χ1) is 8.81. The SMILES string of the molecule is CCCCN1CCC2(CC1)Oc1ccccc1O2. The fourth-order valence-corrected chi connectivity index (χ4v) is 2.74. The van der Waals surface area contributed by atoms with Crippen molar-refractivity contribution in [2.24, 2.45) is 0 Å². The van der Waals surface area contributed by atoms with Crippen molar-refractivity contribution in [3.05, 3.63) is 24.3 Å². The molecule has 0 radical (unpaired) electrons. The molecule has 0 N–H and O–H groups in total. The second-order valence-corrected chi connectivity index (χ2v) is 5.26. The molecule has 2 heterocycles. The van der Waals surface area contributed by atoms with E-state index < -0.39 is 0 Å². The molecule has 1 aromatic carbocycles. The molecule has 3 heteroatoms. The number of likely N-dealkylation sites (tertiary alicyclic amines) is 1. The zero-order valence-electron chi connectivity index (χ0n) is 11.0. The standard InChI is InChI=1S/C15H21NO2/c1-2-3-10-16-11-8-15(9-12-16)17-13-6-4-5-7-14(13)18-15/h4-7H,2-3,8-12H2,1H3. The Morgan fingerprint density at radius 3 is 2.28 bits per heavy atom. The van der Waals surface area contributed by atoms with Gasteiger partial charge in [-0.05, 0) is 25.1 Å². The molecule has 3 nitrogen and oxygen atoms in total. The number of nitrogens with zero attached hydrogens (tertiary/aromatic N) is 1. The molecule has 1 fully saturated rings. The van der Waals surface area contributed by atoms with Crippen molar-refractivity contribution in [3.63, 3.8) is 0 Å². The Bertz CT molecular complexity index is 384. The number of benzene rings is 1. The molecule has 0 saturated carbocycles. The van der Waals surface area contributed by atoms with E-state index in [0.29, 0.717) is 0 Å². The molecule has 2 aliphatic rings. The zero-order valence-corrected chi connectivity index (χ0v) is 11.0. The van der Waals surface area contributed by atoms with E-state index in [2.05, 4.69) is 11.8 Å². The van der Waals surface area contributed by atoms with E-state index in [1.165, 1.54) is 19.4 Å². The van der Waals surface area contributed by atoms with Gasteiger partial charge in [0.1, 0.15) is 0 Å². The van der Waals surface area contributed by atoms with Crippen LogP contribution in [0.2, 0.25) is 0 Å². The number of piperidine rings is 1. The van der Waals surface area contributed by atoms with Crippen LogP contribution in [-0.4, -0.2) is 30.3 Å². The van der Waals surface area contributed by atoms with Crippen LogP contribution in [0.1, 0.15) is 32.6 Å². The van der Waals surface area contributed by atoms with Gasteiger partial charge in [0.2, 0.25) is 0 Å². The van der Waals surface area contributed by atoms with E-state index in [0.717, 1.165) is 37.4 Å². The summed E-state index contributed by atoms with van der Waals surface area (Å²) in [4.78, 5) is 2.52. The number of fused-ring (bicyclic) bond motifs is 1. The molecular weight excluding hydrogens is 226 g/mol. The molecule has 0 aromatic heterocycles. The second kappa shape index (κ2) is 4.81. The number of hydrogen-bond donors (Lipinski definition) is 0. The summed E-state index contributed by atoms with van der Waals surface area (Å²) >= 11 is 0. The smallest absolute Gasteiger partial charge is 0.254 e. The Morgan fingerprint density at radius 1 is 1.11 bits per heavy atom. The molecule has 1 saturated heterocycles. The number of ether oxygens (including phenoxy) is 2. The summed E-state index contributed by atoms with van der Waals surface area (Å²) in [5.41, 5.74) is 0. The molecule has 1 spiro atoms.